The minimum Gasteiger partial charge on any atom is -0.365 e. The van der Waals surface area contributed by atoms with Gasteiger partial charge in [-0.1, -0.05) is 6.92 Å². The summed E-state index contributed by atoms with van der Waals surface area (Å²) in [6.07, 6.45) is 7.11. The minimum atomic E-state index is 0.732. The number of aromatic nitrogens is 4. The van der Waals surface area contributed by atoms with E-state index in [4.69, 9.17) is 0 Å². The Morgan fingerprint density at radius 2 is 2.32 bits per heavy atom. The van der Waals surface area contributed by atoms with Crippen molar-refractivity contribution < 1.29 is 0 Å². The number of thiophene rings is 1. The zero-order valence-electron chi connectivity index (χ0n) is 12.8. The Bertz CT molecular complexity index is 819. The van der Waals surface area contributed by atoms with Gasteiger partial charge in [0.05, 0.1) is 11.6 Å². The molecule has 6 heteroatoms. The van der Waals surface area contributed by atoms with Crippen LogP contribution in [0.4, 0.5) is 5.82 Å². The van der Waals surface area contributed by atoms with Gasteiger partial charge in [-0.05, 0) is 37.7 Å². The zero-order valence-corrected chi connectivity index (χ0v) is 13.6. The van der Waals surface area contributed by atoms with Gasteiger partial charge in [0.1, 0.15) is 17.0 Å². The van der Waals surface area contributed by atoms with E-state index in [1.165, 1.54) is 34.2 Å². The molecule has 4 rings (SSSR count). The Morgan fingerprint density at radius 3 is 3.14 bits per heavy atom. The number of hydrogen-bond acceptors (Lipinski definition) is 5. The van der Waals surface area contributed by atoms with E-state index in [1.54, 1.807) is 6.33 Å². The maximum atomic E-state index is 4.49. The Labute approximate surface area is 133 Å². The van der Waals surface area contributed by atoms with Gasteiger partial charge in [0.15, 0.2) is 0 Å². The molecule has 1 unspecified atom stereocenters. The van der Waals surface area contributed by atoms with Gasteiger partial charge in [0.25, 0.3) is 0 Å². The number of rotatable bonds is 3. The van der Waals surface area contributed by atoms with Crippen molar-refractivity contribution in [3.8, 4) is 0 Å². The summed E-state index contributed by atoms with van der Waals surface area (Å²) in [5.41, 5.74) is 3.73. The summed E-state index contributed by atoms with van der Waals surface area (Å²) in [7, 11) is 0. The Kier molecular flexibility index (Phi) is 3.33. The van der Waals surface area contributed by atoms with Crippen LogP contribution >= 0.6 is 11.3 Å². The fourth-order valence-electron chi connectivity index (χ4n) is 3.14. The first-order valence-electron chi connectivity index (χ1n) is 7.70. The minimum absolute atomic E-state index is 0.732. The van der Waals surface area contributed by atoms with E-state index in [0.29, 0.717) is 0 Å². The second-order valence-electron chi connectivity index (χ2n) is 6.13. The lowest BCUT2D eigenvalue weighted by Crippen LogP contribution is -2.09. The summed E-state index contributed by atoms with van der Waals surface area (Å²) in [6.45, 7) is 5.10. The molecule has 1 aliphatic carbocycles. The van der Waals surface area contributed by atoms with Crippen LogP contribution in [0.15, 0.2) is 12.5 Å². The van der Waals surface area contributed by atoms with Crippen LogP contribution in [0.3, 0.4) is 0 Å². The van der Waals surface area contributed by atoms with Gasteiger partial charge in [-0.15, -0.1) is 11.3 Å². The third kappa shape index (κ3) is 2.27. The average Bonchev–Trinajstić information content (AvgIpc) is 3.07. The second kappa shape index (κ2) is 5.35. The number of fused-ring (bicyclic) bond motifs is 3. The Balaban J connectivity index is 1.70. The zero-order chi connectivity index (χ0) is 15.1. The highest BCUT2D eigenvalue weighted by Crippen LogP contribution is 2.39. The fraction of sp³-hybridized carbons (Fsp3) is 0.438. The molecular weight excluding hydrogens is 294 g/mol. The standard InChI is InChI=1S/C16H19N5S/c1-9-3-4-12-13(5-9)22-16-14(12)15(18-8-19-16)17-6-11-7-20-21-10(11)2/h7-9H,3-6H2,1-2H3,(H,20,21)(H,17,18,19). The van der Waals surface area contributed by atoms with Gasteiger partial charge in [0, 0.05) is 22.7 Å². The highest BCUT2D eigenvalue weighted by Gasteiger charge is 2.23. The molecule has 0 aromatic carbocycles. The fourth-order valence-corrected chi connectivity index (χ4v) is 4.49. The van der Waals surface area contributed by atoms with Crippen molar-refractivity contribution >= 4 is 27.4 Å². The second-order valence-corrected chi connectivity index (χ2v) is 7.21. The van der Waals surface area contributed by atoms with Gasteiger partial charge >= 0.3 is 0 Å². The van der Waals surface area contributed by atoms with E-state index in [-0.39, 0.29) is 0 Å². The first-order chi connectivity index (χ1) is 10.7. The molecule has 0 aliphatic heterocycles. The van der Waals surface area contributed by atoms with Crippen LogP contribution in [0.2, 0.25) is 0 Å². The van der Waals surface area contributed by atoms with Crippen LogP contribution < -0.4 is 5.32 Å². The molecular formula is C16H19N5S. The lowest BCUT2D eigenvalue weighted by molar-refractivity contribution is 0.509. The number of nitrogens with one attached hydrogen (secondary N) is 2. The molecule has 0 saturated carbocycles. The number of anilines is 1. The van der Waals surface area contributed by atoms with Crippen molar-refractivity contribution in [2.75, 3.05) is 5.32 Å². The Hall–Kier alpha value is -1.95. The molecule has 3 heterocycles. The molecule has 5 nitrogen and oxygen atoms in total. The van der Waals surface area contributed by atoms with E-state index >= 15 is 0 Å². The molecule has 1 atom stereocenters. The number of aromatic amines is 1. The largest absolute Gasteiger partial charge is 0.365 e. The SMILES string of the molecule is Cc1[nH]ncc1CNc1ncnc2sc3c(c12)CCC(C)C3. The van der Waals surface area contributed by atoms with Gasteiger partial charge in [-0.3, -0.25) is 5.10 Å². The summed E-state index contributed by atoms with van der Waals surface area (Å²) in [4.78, 5) is 11.6. The quantitative estimate of drug-likeness (QED) is 0.777. The molecule has 0 fully saturated rings. The molecule has 1 aliphatic rings. The summed E-state index contributed by atoms with van der Waals surface area (Å²) in [5, 5.41) is 11.7. The number of hydrogen-bond donors (Lipinski definition) is 2. The normalized spacial score (nSPS) is 17.6. The maximum absolute atomic E-state index is 4.49. The molecule has 0 radical (unpaired) electrons. The molecule has 0 saturated heterocycles. The van der Waals surface area contributed by atoms with E-state index in [1.807, 2.05) is 24.5 Å². The summed E-state index contributed by atoms with van der Waals surface area (Å²) < 4.78 is 0. The average molecular weight is 313 g/mol. The summed E-state index contributed by atoms with van der Waals surface area (Å²) in [6, 6.07) is 0. The van der Waals surface area contributed by atoms with Gasteiger partial charge in [-0.2, -0.15) is 5.10 Å². The van der Waals surface area contributed by atoms with Crippen LogP contribution in [0.5, 0.6) is 0 Å². The lowest BCUT2D eigenvalue weighted by atomic mass is 9.89. The molecule has 0 bridgehead atoms. The van der Waals surface area contributed by atoms with Crippen molar-refractivity contribution in [2.24, 2.45) is 5.92 Å². The van der Waals surface area contributed by atoms with Gasteiger partial charge in [0.2, 0.25) is 0 Å². The first kappa shape index (κ1) is 13.7. The predicted octanol–water partition coefficient (Wildman–Crippen LogP) is 3.46. The lowest BCUT2D eigenvalue weighted by Gasteiger charge is -2.18. The van der Waals surface area contributed by atoms with E-state index < -0.39 is 0 Å². The van der Waals surface area contributed by atoms with Gasteiger partial charge < -0.3 is 5.32 Å². The molecule has 114 valence electrons. The van der Waals surface area contributed by atoms with Crippen LogP contribution in [0, 0.1) is 12.8 Å². The van der Waals surface area contributed by atoms with E-state index in [0.717, 1.165) is 35.2 Å². The van der Waals surface area contributed by atoms with Crippen LogP contribution in [0.25, 0.3) is 10.2 Å². The molecule has 0 amide bonds. The smallest absolute Gasteiger partial charge is 0.138 e. The van der Waals surface area contributed by atoms with Crippen LogP contribution in [-0.4, -0.2) is 20.2 Å². The predicted molar refractivity (Wildman–Crippen MR) is 89.3 cm³/mol. The van der Waals surface area contributed by atoms with E-state index in [9.17, 15) is 0 Å². The molecule has 0 spiro atoms. The van der Waals surface area contributed by atoms with Crippen LogP contribution in [0.1, 0.15) is 35.0 Å². The van der Waals surface area contributed by atoms with Crippen molar-refractivity contribution in [1.29, 1.82) is 0 Å². The highest BCUT2D eigenvalue weighted by molar-refractivity contribution is 7.19. The van der Waals surface area contributed by atoms with Crippen LogP contribution in [-0.2, 0) is 19.4 Å². The molecule has 2 N–H and O–H groups in total. The summed E-state index contributed by atoms with van der Waals surface area (Å²) >= 11 is 1.83. The maximum Gasteiger partial charge on any atom is 0.138 e. The summed E-state index contributed by atoms with van der Waals surface area (Å²) in [5.74, 6) is 1.73. The first-order valence-corrected chi connectivity index (χ1v) is 8.52. The van der Waals surface area contributed by atoms with Gasteiger partial charge in [-0.25, -0.2) is 9.97 Å². The molecule has 3 aromatic rings. The number of H-pyrrole nitrogens is 1. The van der Waals surface area contributed by atoms with Crippen molar-refractivity contribution in [1.82, 2.24) is 20.2 Å². The van der Waals surface area contributed by atoms with Crippen molar-refractivity contribution in [3.63, 3.8) is 0 Å². The highest BCUT2D eigenvalue weighted by atomic mass is 32.1. The molecule has 22 heavy (non-hydrogen) atoms. The van der Waals surface area contributed by atoms with E-state index in [2.05, 4.69) is 32.4 Å². The third-order valence-electron chi connectivity index (χ3n) is 4.47. The van der Waals surface area contributed by atoms with Crippen molar-refractivity contribution in [3.05, 3.63) is 34.2 Å². The third-order valence-corrected chi connectivity index (χ3v) is 5.63. The molecule has 3 aromatic heterocycles. The topological polar surface area (TPSA) is 66.5 Å². The van der Waals surface area contributed by atoms with Crippen molar-refractivity contribution in [2.45, 2.75) is 39.7 Å². The Morgan fingerprint density at radius 1 is 1.41 bits per heavy atom. The monoisotopic (exact) mass is 313 g/mol. The number of aryl methyl sites for hydroxylation is 2. The number of nitrogens with zero attached hydrogens (tertiary/aromatic N) is 3.